The Bertz CT molecular complexity index is 986. The van der Waals surface area contributed by atoms with E-state index in [9.17, 15) is 9.59 Å². The summed E-state index contributed by atoms with van der Waals surface area (Å²) in [5.74, 6) is 0.966. The molecule has 0 saturated carbocycles. The topological polar surface area (TPSA) is 117 Å². The minimum atomic E-state index is -1.00. The van der Waals surface area contributed by atoms with Crippen LogP contribution in [0.5, 0.6) is 5.75 Å². The minimum absolute atomic E-state index is 0.259. The van der Waals surface area contributed by atoms with E-state index in [1.54, 1.807) is 37.3 Å². The first-order valence-corrected chi connectivity index (χ1v) is 8.93. The molecule has 152 valence electrons. The lowest BCUT2D eigenvalue weighted by molar-refractivity contribution is -0.123. The van der Waals surface area contributed by atoms with Gasteiger partial charge in [0.15, 0.2) is 11.9 Å². The number of carbonyl (C=O) groups excluding carboxylic acids is 2. The molecule has 1 amide bonds. The number of esters is 1. The highest BCUT2D eigenvalue weighted by Gasteiger charge is 2.20. The van der Waals surface area contributed by atoms with E-state index in [1.807, 2.05) is 13.8 Å². The molecule has 3 rings (SSSR count). The van der Waals surface area contributed by atoms with E-state index in [0.29, 0.717) is 29.4 Å². The number of aryl methyl sites for hydroxylation is 3. The van der Waals surface area contributed by atoms with Gasteiger partial charge in [-0.15, -0.1) is 0 Å². The predicted octanol–water partition coefficient (Wildman–Crippen LogP) is 3.35. The van der Waals surface area contributed by atoms with Crippen LogP contribution in [0, 0.1) is 20.8 Å². The standard InChI is InChI=1S/C20H21N3O6/c1-11-9-18(23-28-11)21-19(24)14(4)27-20(25)15-5-7-16(8-6-15)26-10-17-12(2)22-29-13(17)3/h5-9,14H,10H2,1-4H3,(H,21,23,24)/t14-/m1/s1. The van der Waals surface area contributed by atoms with Gasteiger partial charge in [-0.3, -0.25) is 4.79 Å². The fourth-order valence-corrected chi connectivity index (χ4v) is 2.49. The van der Waals surface area contributed by atoms with Gasteiger partial charge in [0, 0.05) is 6.07 Å². The molecule has 0 aliphatic carbocycles. The minimum Gasteiger partial charge on any atom is -0.489 e. The number of carbonyl (C=O) groups is 2. The average molecular weight is 399 g/mol. The third-order valence-corrected chi connectivity index (χ3v) is 4.19. The Kier molecular flexibility index (Phi) is 5.96. The molecule has 3 aromatic rings. The fraction of sp³-hybridized carbons (Fsp3) is 0.300. The van der Waals surface area contributed by atoms with Crippen molar-refractivity contribution < 1.29 is 28.1 Å². The lowest BCUT2D eigenvalue weighted by Gasteiger charge is -2.12. The Labute approximate surface area is 166 Å². The van der Waals surface area contributed by atoms with Gasteiger partial charge < -0.3 is 23.8 Å². The molecular weight excluding hydrogens is 378 g/mol. The van der Waals surface area contributed by atoms with Crippen LogP contribution in [0.3, 0.4) is 0 Å². The maximum absolute atomic E-state index is 12.3. The third kappa shape index (κ3) is 5.01. The van der Waals surface area contributed by atoms with Crippen LogP contribution in [0.4, 0.5) is 5.82 Å². The molecule has 1 N–H and O–H groups in total. The monoisotopic (exact) mass is 399 g/mol. The second-order valence-electron chi connectivity index (χ2n) is 6.48. The van der Waals surface area contributed by atoms with E-state index >= 15 is 0 Å². The summed E-state index contributed by atoms with van der Waals surface area (Å²) in [5.41, 5.74) is 1.96. The average Bonchev–Trinajstić information content (AvgIpc) is 3.25. The maximum atomic E-state index is 12.3. The Hall–Kier alpha value is -3.62. The number of benzene rings is 1. The van der Waals surface area contributed by atoms with Crippen LogP contribution >= 0.6 is 0 Å². The number of anilines is 1. The molecule has 9 nitrogen and oxygen atoms in total. The van der Waals surface area contributed by atoms with E-state index in [0.717, 1.165) is 11.3 Å². The zero-order valence-electron chi connectivity index (χ0n) is 16.5. The van der Waals surface area contributed by atoms with Crippen molar-refractivity contribution in [2.24, 2.45) is 0 Å². The lowest BCUT2D eigenvalue weighted by atomic mass is 10.2. The molecule has 2 heterocycles. The van der Waals surface area contributed by atoms with Crippen LogP contribution in [0.25, 0.3) is 0 Å². The summed E-state index contributed by atoms with van der Waals surface area (Å²) in [7, 11) is 0. The van der Waals surface area contributed by atoms with Gasteiger partial charge in [0.1, 0.15) is 23.9 Å². The molecule has 0 spiro atoms. The van der Waals surface area contributed by atoms with Crippen LogP contribution in [-0.4, -0.2) is 28.3 Å². The molecule has 2 aromatic heterocycles. The zero-order chi connectivity index (χ0) is 21.0. The van der Waals surface area contributed by atoms with Gasteiger partial charge in [0.2, 0.25) is 0 Å². The van der Waals surface area contributed by atoms with Gasteiger partial charge in [0.25, 0.3) is 5.91 Å². The number of amides is 1. The molecule has 0 aliphatic rings. The number of hydrogen-bond donors (Lipinski definition) is 1. The fourth-order valence-electron chi connectivity index (χ4n) is 2.49. The summed E-state index contributed by atoms with van der Waals surface area (Å²) in [6.07, 6.45) is -1.00. The van der Waals surface area contributed by atoms with Crippen molar-refractivity contribution in [3.05, 3.63) is 58.7 Å². The lowest BCUT2D eigenvalue weighted by Crippen LogP contribution is -2.30. The molecule has 9 heteroatoms. The van der Waals surface area contributed by atoms with Crippen LogP contribution in [0.15, 0.2) is 39.4 Å². The highest BCUT2D eigenvalue weighted by atomic mass is 16.5. The Morgan fingerprint density at radius 2 is 1.83 bits per heavy atom. The molecule has 0 unspecified atom stereocenters. The van der Waals surface area contributed by atoms with Crippen LogP contribution in [-0.2, 0) is 16.1 Å². The van der Waals surface area contributed by atoms with Crippen molar-refractivity contribution >= 4 is 17.7 Å². The maximum Gasteiger partial charge on any atom is 0.338 e. The summed E-state index contributed by atoms with van der Waals surface area (Å²) >= 11 is 0. The van der Waals surface area contributed by atoms with E-state index in [1.165, 1.54) is 6.92 Å². The molecule has 0 fully saturated rings. The number of nitrogens with one attached hydrogen (secondary N) is 1. The molecule has 0 saturated heterocycles. The summed E-state index contributed by atoms with van der Waals surface area (Å²) in [4.78, 5) is 24.4. The second-order valence-corrected chi connectivity index (χ2v) is 6.48. The SMILES string of the molecule is Cc1cc(NC(=O)[C@@H](C)OC(=O)c2ccc(OCc3c(C)noc3C)cc2)no1. The Morgan fingerprint density at radius 3 is 2.41 bits per heavy atom. The Morgan fingerprint density at radius 1 is 1.10 bits per heavy atom. The first kappa shape index (κ1) is 20.1. The number of hydrogen-bond acceptors (Lipinski definition) is 8. The highest BCUT2D eigenvalue weighted by molar-refractivity contribution is 5.96. The summed E-state index contributed by atoms with van der Waals surface area (Å²) in [6, 6.07) is 8.00. The molecule has 1 aromatic carbocycles. The van der Waals surface area contributed by atoms with Gasteiger partial charge in [-0.1, -0.05) is 10.3 Å². The van der Waals surface area contributed by atoms with Crippen molar-refractivity contribution in [3.63, 3.8) is 0 Å². The molecule has 1 atom stereocenters. The molecule has 29 heavy (non-hydrogen) atoms. The van der Waals surface area contributed by atoms with Crippen LogP contribution in [0.1, 0.15) is 40.1 Å². The largest absolute Gasteiger partial charge is 0.489 e. The smallest absolute Gasteiger partial charge is 0.338 e. The normalized spacial score (nSPS) is 11.7. The van der Waals surface area contributed by atoms with Crippen molar-refractivity contribution in [3.8, 4) is 5.75 Å². The van der Waals surface area contributed by atoms with Gasteiger partial charge in [0.05, 0.1) is 16.8 Å². The van der Waals surface area contributed by atoms with E-state index in [2.05, 4.69) is 15.6 Å². The number of ether oxygens (including phenoxy) is 2. The van der Waals surface area contributed by atoms with Crippen molar-refractivity contribution in [1.82, 2.24) is 10.3 Å². The first-order chi connectivity index (χ1) is 13.8. The third-order valence-electron chi connectivity index (χ3n) is 4.19. The molecule has 0 aliphatic heterocycles. The number of nitrogens with zero attached hydrogens (tertiary/aromatic N) is 2. The van der Waals surface area contributed by atoms with Gasteiger partial charge in [-0.25, -0.2) is 4.79 Å². The molecule has 0 radical (unpaired) electrons. The summed E-state index contributed by atoms with van der Waals surface area (Å²) in [6.45, 7) is 7.15. The zero-order valence-corrected chi connectivity index (χ0v) is 16.5. The summed E-state index contributed by atoms with van der Waals surface area (Å²) < 4.78 is 20.9. The van der Waals surface area contributed by atoms with Gasteiger partial charge >= 0.3 is 5.97 Å². The quantitative estimate of drug-likeness (QED) is 0.601. The molecular formula is C20H21N3O6. The highest BCUT2D eigenvalue weighted by Crippen LogP contribution is 2.18. The van der Waals surface area contributed by atoms with E-state index < -0.39 is 18.0 Å². The molecule has 0 bridgehead atoms. The number of rotatable bonds is 7. The van der Waals surface area contributed by atoms with E-state index in [-0.39, 0.29) is 5.82 Å². The first-order valence-electron chi connectivity index (χ1n) is 8.93. The second kappa shape index (κ2) is 8.59. The van der Waals surface area contributed by atoms with Gasteiger partial charge in [-0.2, -0.15) is 0 Å². The summed E-state index contributed by atoms with van der Waals surface area (Å²) in [5, 5.41) is 10.1. The van der Waals surface area contributed by atoms with Crippen molar-refractivity contribution in [2.45, 2.75) is 40.4 Å². The number of aromatic nitrogens is 2. The van der Waals surface area contributed by atoms with Crippen LogP contribution in [0.2, 0.25) is 0 Å². The Balaban J connectivity index is 1.53. The van der Waals surface area contributed by atoms with E-state index in [4.69, 9.17) is 18.5 Å². The predicted molar refractivity (Wildman–Crippen MR) is 101 cm³/mol. The van der Waals surface area contributed by atoms with Crippen LogP contribution < -0.4 is 10.1 Å². The van der Waals surface area contributed by atoms with Crippen molar-refractivity contribution in [2.75, 3.05) is 5.32 Å². The van der Waals surface area contributed by atoms with Crippen molar-refractivity contribution in [1.29, 1.82) is 0 Å². The van der Waals surface area contributed by atoms with Gasteiger partial charge in [-0.05, 0) is 52.0 Å².